The van der Waals surface area contributed by atoms with Gasteiger partial charge in [-0.3, -0.25) is 9.59 Å². The first-order valence-corrected chi connectivity index (χ1v) is 7.25. The summed E-state index contributed by atoms with van der Waals surface area (Å²) >= 11 is 0. The van der Waals surface area contributed by atoms with Crippen LogP contribution in [0.25, 0.3) is 0 Å². The molecule has 1 amide bonds. The Kier molecular flexibility index (Phi) is 7.46. The van der Waals surface area contributed by atoms with Crippen molar-refractivity contribution in [1.82, 2.24) is 0 Å². The Labute approximate surface area is 125 Å². The number of unbranched alkanes of at least 4 members (excludes halogenated alkanes) is 2. The summed E-state index contributed by atoms with van der Waals surface area (Å²) in [4.78, 5) is 22.9. The Hall–Kier alpha value is -1.88. The first-order chi connectivity index (χ1) is 10.1. The predicted octanol–water partition coefficient (Wildman–Crippen LogP) is 3.02. The molecule has 1 aromatic rings. The van der Waals surface area contributed by atoms with Crippen molar-refractivity contribution in [2.24, 2.45) is 0 Å². The molecule has 116 valence electrons. The van der Waals surface area contributed by atoms with Crippen molar-refractivity contribution >= 4 is 17.6 Å². The van der Waals surface area contributed by atoms with Crippen molar-refractivity contribution in [1.29, 1.82) is 0 Å². The van der Waals surface area contributed by atoms with Gasteiger partial charge in [0.15, 0.2) is 0 Å². The van der Waals surface area contributed by atoms with Crippen LogP contribution in [0.3, 0.4) is 0 Å². The van der Waals surface area contributed by atoms with E-state index in [9.17, 15) is 9.59 Å². The van der Waals surface area contributed by atoms with Crippen molar-refractivity contribution in [2.45, 2.75) is 39.0 Å². The number of aliphatic carboxylic acids is 1. The molecule has 0 radical (unpaired) electrons. The maximum absolute atomic E-state index is 11.8. The van der Waals surface area contributed by atoms with Crippen LogP contribution in [-0.4, -0.2) is 30.2 Å². The number of carbonyl (C=O) groups is 2. The monoisotopic (exact) mass is 293 g/mol. The van der Waals surface area contributed by atoms with Gasteiger partial charge in [-0.25, -0.2) is 0 Å². The van der Waals surface area contributed by atoms with Crippen molar-refractivity contribution in [3.63, 3.8) is 0 Å². The summed E-state index contributed by atoms with van der Waals surface area (Å²) < 4.78 is 5.29. The van der Waals surface area contributed by atoms with Crippen LogP contribution in [0.15, 0.2) is 24.3 Å². The fourth-order valence-corrected chi connectivity index (χ4v) is 1.93. The molecule has 5 nitrogen and oxygen atoms in total. The van der Waals surface area contributed by atoms with Gasteiger partial charge in [-0.15, -0.1) is 0 Å². The highest BCUT2D eigenvalue weighted by Gasteiger charge is 2.18. The molecule has 1 rings (SSSR count). The molecule has 1 unspecified atom stereocenters. The van der Waals surface area contributed by atoms with Crippen LogP contribution in [0.2, 0.25) is 0 Å². The van der Waals surface area contributed by atoms with E-state index in [1.807, 2.05) is 0 Å². The van der Waals surface area contributed by atoms with Gasteiger partial charge >= 0.3 is 5.97 Å². The second-order valence-corrected chi connectivity index (χ2v) is 4.96. The van der Waals surface area contributed by atoms with E-state index < -0.39 is 11.9 Å². The highest BCUT2D eigenvalue weighted by Crippen LogP contribution is 2.24. The molecule has 1 atom stereocenters. The zero-order valence-corrected chi connectivity index (χ0v) is 12.6. The Bertz CT molecular complexity index is 473. The number of hydrogen-bond acceptors (Lipinski definition) is 3. The SMILES string of the molecule is CCCCCOCC(=O)Nc1ccccc1C(C)C(=O)O. The van der Waals surface area contributed by atoms with Gasteiger partial charge in [0.25, 0.3) is 0 Å². The van der Waals surface area contributed by atoms with Crippen molar-refractivity contribution in [3.05, 3.63) is 29.8 Å². The number of hydrogen-bond donors (Lipinski definition) is 2. The van der Waals surface area contributed by atoms with Gasteiger partial charge in [-0.05, 0) is 25.0 Å². The molecule has 1 aromatic carbocycles. The molecule has 21 heavy (non-hydrogen) atoms. The first-order valence-electron chi connectivity index (χ1n) is 7.25. The highest BCUT2D eigenvalue weighted by molar-refractivity contribution is 5.93. The number of ether oxygens (including phenoxy) is 1. The number of rotatable bonds is 9. The van der Waals surface area contributed by atoms with Gasteiger partial charge in [0.2, 0.25) is 5.91 Å². The van der Waals surface area contributed by atoms with E-state index in [4.69, 9.17) is 9.84 Å². The molecule has 0 fully saturated rings. The lowest BCUT2D eigenvalue weighted by Crippen LogP contribution is -2.20. The van der Waals surface area contributed by atoms with Crippen LogP contribution in [-0.2, 0) is 14.3 Å². The molecule has 2 N–H and O–H groups in total. The molecule has 0 aromatic heterocycles. The van der Waals surface area contributed by atoms with Crippen molar-refractivity contribution in [2.75, 3.05) is 18.5 Å². The smallest absolute Gasteiger partial charge is 0.310 e. The Morgan fingerprint density at radius 1 is 1.29 bits per heavy atom. The second kappa shape index (κ2) is 9.13. The van der Waals surface area contributed by atoms with Crippen LogP contribution in [0.5, 0.6) is 0 Å². The molecule has 0 heterocycles. The summed E-state index contributed by atoms with van der Waals surface area (Å²) in [5, 5.41) is 11.8. The molecule has 0 aliphatic carbocycles. The van der Waals surface area contributed by atoms with E-state index in [2.05, 4.69) is 12.2 Å². The van der Waals surface area contributed by atoms with E-state index >= 15 is 0 Å². The molecule has 0 aliphatic heterocycles. The third-order valence-electron chi connectivity index (χ3n) is 3.20. The molecule has 0 aliphatic rings. The molecule has 0 saturated carbocycles. The van der Waals surface area contributed by atoms with Crippen LogP contribution in [0.4, 0.5) is 5.69 Å². The highest BCUT2D eigenvalue weighted by atomic mass is 16.5. The van der Waals surface area contributed by atoms with Gasteiger partial charge < -0.3 is 15.2 Å². The fourth-order valence-electron chi connectivity index (χ4n) is 1.93. The molecular formula is C16H23NO4. The van der Waals surface area contributed by atoms with E-state index in [1.54, 1.807) is 31.2 Å². The molecule has 0 bridgehead atoms. The average molecular weight is 293 g/mol. The third kappa shape index (κ3) is 5.95. The van der Waals surface area contributed by atoms with Crippen LogP contribution in [0.1, 0.15) is 44.6 Å². The minimum atomic E-state index is -0.924. The lowest BCUT2D eigenvalue weighted by Gasteiger charge is -2.14. The zero-order valence-electron chi connectivity index (χ0n) is 12.6. The van der Waals surface area contributed by atoms with Gasteiger partial charge in [0.1, 0.15) is 6.61 Å². The molecule has 5 heteroatoms. The van der Waals surface area contributed by atoms with Crippen LogP contribution >= 0.6 is 0 Å². The number of amides is 1. The summed E-state index contributed by atoms with van der Waals surface area (Å²) in [5.74, 6) is -1.86. The topological polar surface area (TPSA) is 75.6 Å². The standard InChI is InChI=1S/C16H23NO4/c1-3-4-7-10-21-11-15(18)17-14-9-6-5-8-13(14)12(2)16(19)20/h5-6,8-9,12H,3-4,7,10-11H2,1-2H3,(H,17,18)(H,19,20). The number of carbonyl (C=O) groups excluding carboxylic acids is 1. The number of para-hydroxylation sites is 1. The Morgan fingerprint density at radius 3 is 2.67 bits per heavy atom. The second-order valence-electron chi connectivity index (χ2n) is 4.96. The summed E-state index contributed by atoms with van der Waals surface area (Å²) in [7, 11) is 0. The normalized spacial score (nSPS) is 11.9. The van der Waals surface area contributed by atoms with Crippen LogP contribution in [0, 0.1) is 0 Å². The largest absolute Gasteiger partial charge is 0.481 e. The lowest BCUT2D eigenvalue weighted by atomic mass is 9.99. The van der Waals surface area contributed by atoms with Crippen LogP contribution < -0.4 is 5.32 Å². The zero-order chi connectivity index (χ0) is 15.7. The predicted molar refractivity (Wildman–Crippen MR) is 81.5 cm³/mol. The van der Waals surface area contributed by atoms with E-state index in [0.717, 1.165) is 19.3 Å². The minimum Gasteiger partial charge on any atom is -0.481 e. The summed E-state index contributed by atoms with van der Waals surface area (Å²) in [5.41, 5.74) is 1.11. The van der Waals surface area contributed by atoms with Crippen molar-refractivity contribution in [3.8, 4) is 0 Å². The van der Waals surface area contributed by atoms with Gasteiger partial charge in [0.05, 0.1) is 5.92 Å². The first kappa shape index (κ1) is 17.2. The average Bonchev–Trinajstić information content (AvgIpc) is 2.46. The number of carboxylic acids is 1. The summed E-state index contributed by atoms with van der Waals surface area (Å²) in [6, 6.07) is 6.92. The quantitative estimate of drug-likeness (QED) is 0.686. The van der Waals surface area contributed by atoms with E-state index in [1.165, 1.54) is 0 Å². The summed E-state index contributed by atoms with van der Waals surface area (Å²) in [6.45, 7) is 4.25. The third-order valence-corrected chi connectivity index (χ3v) is 3.20. The van der Waals surface area contributed by atoms with E-state index in [-0.39, 0.29) is 12.5 Å². The maximum atomic E-state index is 11.8. The lowest BCUT2D eigenvalue weighted by molar-refractivity contribution is -0.138. The van der Waals surface area contributed by atoms with E-state index in [0.29, 0.717) is 17.9 Å². The number of anilines is 1. The van der Waals surface area contributed by atoms with Gasteiger partial charge in [-0.2, -0.15) is 0 Å². The molecule has 0 spiro atoms. The Morgan fingerprint density at radius 2 is 2.00 bits per heavy atom. The number of nitrogens with one attached hydrogen (secondary N) is 1. The fraction of sp³-hybridized carbons (Fsp3) is 0.500. The number of benzene rings is 1. The molecule has 0 saturated heterocycles. The summed E-state index contributed by atoms with van der Waals surface area (Å²) in [6.07, 6.45) is 3.13. The van der Waals surface area contributed by atoms with Gasteiger partial charge in [-0.1, -0.05) is 38.0 Å². The molecular weight excluding hydrogens is 270 g/mol. The number of carboxylic acid groups (broad SMARTS) is 1. The Balaban J connectivity index is 2.54. The minimum absolute atomic E-state index is 0.0144. The van der Waals surface area contributed by atoms with Crippen molar-refractivity contribution < 1.29 is 19.4 Å². The maximum Gasteiger partial charge on any atom is 0.310 e. The van der Waals surface area contributed by atoms with Gasteiger partial charge in [0, 0.05) is 12.3 Å².